The number of ether oxygens (including phenoxy) is 8. The number of fused-ring (bicyclic) bond motifs is 1. The standard InChI is InChI=1S/C34H57N7O13/c1-19(2)50-15-23-29(52-20(3)4)30(33(53-23)41-17-39-26-31(35)37-16-38-32(26)41)51-18-48-13-12-47-11-9-36-24(44)8-6-7-10-49-34-25(40-21(5)43)28(46)27(45)22(14-42)54-34/h16-17,19-20,22-23,25,27-30,33-34,42,45-46H,6-15,18H2,1-5H3,(H,36,44)(H,40,43)(H2,35,37,38)/t22-,23-,25-,27+,28-,29-,30-,33-,34-/m1/s1. The summed E-state index contributed by atoms with van der Waals surface area (Å²) in [7, 11) is 0. The van der Waals surface area contributed by atoms with Crippen molar-refractivity contribution in [1.29, 1.82) is 0 Å². The van der Waals surface area contributed by atoms with E-state index in [-0.39, 0.29) is 70.2 Å². The maximum atomic E-state index is 12.3. The average molecular weight is 772 g/mol. The van der Waals surface area contributed by atoms with Gasteiger partial charge in [0, 0.05) is 26.5 Å². The van der Waals surface area contributed by atoms with Gasteiger partial charge in [-0.2, -0.15) is 0 Å². The Morgan fingerprint density at radius 2 is 1.72 bits per heavy atom. The number of hydrogen-bond acceptors (Lipinski definition) is 17. The van der Waals surface area contributed by atoms with Crippen LogP contribution in [-0.2, 0) is 47.5 Å². The van der Waals surface area contributed by atoms with Gasteiger partial charge in [0.25, 0.3) is 0 Å². The van der Waals surface area contributed by atoms with Crippen molar-refractivity contribution < 1.29 is 62.8 Å². The highest BCUT2D eigenvalue weighted by Crippen LogP contribution is 2.36. The molecule has 306 valence electrons. The molecule has 2 saturated heterocycles. The Labute approximate surface area is 314 Å². The van der Waals surface area contributed by atoms with Crippen LogP contribution in [0.4, 0.5) is 5.82 Å². The van der Waals surface area contributed by atoms with Gasteiger partial charge in [0.1, 0.15) is 61.3 Å². The Morgan fingerprint density at radius 1 is 0.944 bits per heavy atom. The molecule has 2 aromatic rings. The van der Waals surface area contributed by atoms with Crippen LogP contribution in [0.2, 0.25) is 0 Å². The minimum absolute atomic E-state index is 0.0122. The van der Waals surface area contributed by atoms with Crippen LogP contribution in [0.25, 0.3) is 11.2 Å². The molecule has 0 aliphatic carbocycles. The molecule has 2 amide bonds. The number of nitrogen functional groups attached to an aromatic ring is 1. The van der Waals surface area contributed by atoms with Crippen LogP contribution < -0.4 is 16.4 Å². The molecule has 20 nitrogen and oxygen atoms in total. The summed E-state index contributed by atoms with van der Waals surface area (Å²) in [5.41, 5.74) is 6.97. The SMILES string of the molecule is CC(=O)N[C@H]1[C@H](OCCCCC(=O)NCCOCCOCO[C@@H]2[C@H](OC(C)C)[C@@H](COC(C)C)O[C@H]2n2cnc3c(N)ncnc32)O[C@H](CO)[C@H](O)[C@@H]1O. The Balaban J connectivity index is 1.13. The molecule has 0 aromatic carbocycles. The second-order valence-electron chi connectivity index (χ2n) is 13.6. The number of aromatic nitrogens is 4. The van der Waals surface area contributed by atoms with Gasteiger partial charge in [0.15, 0.2) is 24.0 Å². The van der Waals surface area contributed by atoms with Crippen molar-refractivity contribution in [3.8, 4) is 0 Å². The summed E-state index contributed by atoms with van der Waals surface area (Å²) in [6.45, 7) is 9.99. The summed E-state index contributed by atoms with van der Waals surface area (Å²) in [6, 6.07) is -1.01. The van der Waals surface area contributed by atoms with Gasteiger partial charge in [-0.25, -0.2) is 15.0 Å². The number of carbonyl (C=O) groups excluding carboxylic acids is 2. The molecule has 4 rings (SSSR count). The van der Waals surface area contributed by atoms with Crippen molar-refractivity contribution in [2.24, 2.45) is 0 Å². The van der Waals surface area contributed by atoms with Crippen LogP contribution in [0.5, 0.6) is 0 Å². The van der Waals surface area contributed by atoms with Gasteiger partial charge in [-0.15, -0.1) is 0 Å². The summed E-state index contributed by atoms with van der Waals surface area (Å²) in [5, 5.41) is 35.2. The minimum Gasteiger partial charge on any atom is -0.394 e. The van der Waals surface area contributed by atoms with E-state index < -0.39 is 67.7 Å². The van der Waals surface area contributed by atoms with E-state index in [0.717, 1.165) is 0 Å². The predicted octanol–water partition coefficient (Wildman–Crippen LogP) is -0.853. The smallest absolute Gasteiger partial charge is 0.220 e. The fraction of sp³-hybridized carbons (Fsp3) is 0.794. The van der Waals surface area contributed by atoms with E-state index in [1.807, 2.05) is 27.7 Å². The lowest BCUT2D eigenvalue weighted by Crippen LogP contribution is -2.64. The van der Waals surface area contributed by atoms with E-state index in [0.29, 0.717) is 30.6 Å². The molecular weight excluding hydrogens is 714 g/mol. The molecule has 2 aromatic heterocycles. The van der Waals surface area contributed by atoms with E-state index in [9.17, 15) is 24.9 Å². The Morgan fingerprint density at radius 3 is 2.44 bits per heavy atom. The normalized spacial score (nSPS) is 27.3. The summed E-state index contributed by atoms with van der Waals surface area (Å²) in [6.07, 6.45) is -3.04. The van der Waals surface area contributed by atoms with E-state index in [1.54, 1.807) is 10.9 Å². The van der Waals surface area contributed by atoms with Crippen molar-refractivity contribution in [3.05, 3.63) is 12.7 Å². The van der Waals surface area contributed by atoms with Crippen molar-refractivity contribution in [3.63, 3.8) is 0 Å². The van der Waals surface area contributed by atoms with Crippen molar-refractivity contribution in [1.82, 2.24) is 30.2 Å². The molecule has 54 heavy (non-hydrogen) atoms. The van der Waals surface area contributed by atoms with Gasteiger partial charge < -0.3 is 69.6 Å². The molecule has 2 aliphatic rings. The molecule has 2 fully saturated rings. The first-order valence-electron chi connectivity index (χ1n) is 18.3. The third kappa shape index (κ3) is 12.4. The van der Waals surface area contributed by atoms with Gasteiger partial charge in [-0.05, 0) is 40.5 Å². The lowest BCUT2D eigenvalue weighted by Gasteiger charge is -2.42. The van der Waals surface area contributed by atoms with Crippen LogP contribution >= 0.6 is 0 Å². The van der Waals surface area contributed by atoms with E-state index in [4.69, 9.17) is 43.6 Å². The van der Waals surface area contributed by atoms with E-state index in [2.05, 4.69) is 25.6 Å². The number of unbranched alkanes of at least 4 members (excludes halogenated alkanes) is 1. The number of nitrogens with zero attached hydrogens (tertiary/aromatic N) is 4. The first-order valence-corrected chi connectivity index (χ1v) is 18.3. The Bertz CT molecular complexity index is 1440. The minimum atomic E-state index is -1.39. The third-order valence-electron chi connectivity index (χ3n) is 8.59. The van der Waals surface area contributed by atoms with Crippen molar-refractivity contribution >= 4 is 28.8 Å². The largest absolute Gasteiger partial charge is 0.394 e. The fourth-order valence-electron chi connectivity index (χ4n) is 6.02. The lowest BCUT2D eigenvalue weighted by atomic mass is 9.97. The number of aliphatic hydroxyl groups is 3. The number of carbonyl (C=O) groups is 2. The molecule has 0 spiro atoms. The number of amides is 2. The number of nitrogens with one attached hydrogen (secondary N) is 2. The summed E-state index contributed by atoms with van der Waals surface area (Å²) >= 11 is 0. The molecular formula is C34H57N7O13. The maximum Gasteiger partial charge on any atom is 0.220 e. The average Bonchev–Trinajstić information content (AvgIpc) is 3.70. The Kier molecular flexibility index (Phi) is 17.6. The summed E-state index contributed by atoms with van der Waals surface area (Å²) in [4.78, 5) is 36.6. The number of nitrogens with two attached hydrogens (primary N) is 1. The highest BCUT2D eigenvalue weighted by Gasteiger charge is 2.49. The zero-order chi connectivity index (χ0) is 39.2. The van der Waals surface area contributed by atoms with E-state index >= 15 is 0 Å². The molecule has 7 N–H and O–H groups in total. The Hall–Kier alpha value is -3.15. The number of hydrogen-bond donors (Lipinski definition) is 6. The zero-order valence-corrected chi connectivity index (χ0v) is 31.6. The number of anilines is 1. The summed E-state index contributed by atoms with van der Waals surface area (Å²) in [5.74, 6) is -0.342. The predicted molar refractivity (Wildman–Crippen MR) is 189 cm³/mol. The lowest BCUT2D eigenvalue weighted by molar-refractivity contribution is -0.270. The number of imidazole rings is 1. The van der Waals surface area contributed by atoms with Gasteiger partial charge in [0.05, 0.1) is 51.6 Å². The quantitative estimate of drug-likeness (QED) is 0.0594. The summed E-state index contributed by atoms with van der Waals surface area (Å²) < 4.78 is 49.1. The van der Waals surface area contributed by atoms with Crippen LogP contribution in [0.1, 0.15) is 60.1 Å². The highest BCUT2D eigenvalue weighted by molar-refractivity contribution is 5.81. The van der Waals surface area contributed by atoms with E-state index in [1.165, 1.54) is 13.3 Å². The van der Waals surface area contributed by atoms with Crippen LogP contribution in [0.3, 0.4) is 0 Å². The molecule has 9 atom stereocenters. The molecule has 4 heterocycles. The number of aliphatic hydroxyl groups excluding tert-OH is 3. The fourth-order valence-corrected chi connectivity index (χ4v) is 6.02. The zero-order valence-electron chi connectivity index (χ0n) is 31.6. The molecule has 0 radical (unpaired) electrons. The number of rotatable bonds is 23. The second kappa shape index (κ2) is 21.8. The van der Waals surface area contributed by atoms with Gasteiger partial charge in [-0.3, -0.25) is 14.2 Å². The van der Waals surface area contributed by atoms with Crippen LogP contribution in [0.15, 0.2) is 12.7 Å². The van der Waals surface area contributed by atoms with Crippen LogP contribution in [0, 0.1) is 0 Å². The molecule has 20 heteroatoms. The molecule has 0 bridgehead atoms. The second-order valence-corrected chi connectivity index (χ2v) is 13.6. The van der Waals surface area contributed by atoms with Gasteiger partial charge >= 0.3 is 0 Å². The first-order chi connectivity index (χ1) is 25.9. The highest BCUT2D eigenvalue weighted by atomic mass is 16.7. The van der Waals surface area contributed by atoms with Crippen molar-refractivity contribution in [2.75, 3.05) is 58.7 Å². The maximum absolute atomic E-state index is 12.3. The van der Waals surface area contributed by atoms with Crippen LogP contribution in [-0.4, -0.2) is 161 Å². The topological polar surface area (TPSA) is 262 Å². The molecule has 0 saturated carbocycles. The molecule has 2 aliphatic heterocycles. The monoisotopic (exact) mass is 771 g/mol. The third-order valence-corrected chi connectivity index (χ3v) is 8.59. The van der Waals surface area contributed by atoms with Crippen molar-refractivity contribution in [2.45, 2.75) is 121 Å². The first kappa shape index (κ1) is 43.6. The van der Waals surface area contributed by atoms with Gasteiger partial charge in [0.2, 0.25) is 11.8 Å². The molecule has 0 unspecified atom stereocenters. The van der Waals surface area contributed by atoms with Gasteiger partial charge in [-0.1, -0.05) is 0 Å².